The first-order valence-corrected chi connectivity index (χ1v) is 6.04. The van der Waals surface area contributed by atoms with E-state index in [1.807, 2.05) is 13.8 Å². The molecule has 0 amide bonds. The molecular formula is C14H18F3N. The molecular weight excluding hydrogens is 239 g/mol. The number of hydrogen-bond acceptors (Lipinski definition) is 1. The molecule has 0 saturated carbocycles. The largest absolute Gasteiger partial charge is 0.310 e. The van der Waals surface area contributed by atoms with E-state index < -0.39 is 17.5 Å². The molecule has 1 rings (SSSR count). The van der Waals surface area contributed by atoms with Crippen LogP contribution >= 0.6 is 0 Å². The van der Waals surface area contributed by atoms with Gasteiger partial charge in [-0.15, -0.1) is 0 Å². The summed E-state index contributed by atoms with van der Waals surface area (Å²) in [4.78, 5) is 0. The first kappa shape index (κ1) is 14.8. The van der Waals surface area contributed by atoms with Crippen molar-refractivity contribution in [1.82, 2.24) is 5.32 Å². The molecule has 0 spiro atoms. The lowest BCUT2D eigenvalue weighted by Crippen LogP contribution is -2.22. The average molecular weight is 257 g/mol. The van der Waals surface area contributed by atoms with Gasteiger partial charge in [-0.25, -0.2) is 13.2 Å². The number of nitrogens with one attached hydrogen (secondary N) is 1. The highest BCUT2D eigenvalue weighted by molar-refractivity contribution is 5.24. The van der Waals surface area contributed by atoms with E-state index >= 15 is 0 Å². The summed E-state index contributed by atoms with van der Waals surface area (Å²) in [5, 5.41) is 3.12. The van der Waals surface area contributed by atoms with Gasteiger partial charge in [-0.3, -0.25) is 0 Å². The summed E-state index contributed by atoms with van der Waals surface area (Å²) < 4.78 is 39.3. The zero-order valence-corrected chi connectivity index (χ0v) is 10.7. The van der Waals surface area contributed by atoms with Crippen LogP contribution in [0.1, 0.15) is 38.3 Å². The summed E-state index contributed by atoms with van der Waals surface area (Å²) in [5.41, 5.74) is 1.38. The fourth-order valence-electron chi connectivity index (χ4n) is 1.76. The van der Waals surface area contributed by atoms with Crippen LogP contribution < -0.4 is 5.32 Å². The fourth-order valence-corrected chi connectivity index (χ4v) is 1.76. The average Bonchev–Trinajstić information content (AvgIpc) is 2.34. The lowest BCUT2D eigenvalue weighted by molar-refractivity contribution is 0.439. The van der Waals surface area contributed by atoms with Gasteiger partial charge in [-0.2, -0.15) is 0 Å². The van der Waals surface area contributed by atoms with Crippen LogP contribution in [0, 0.1) is 17.5 Å². The summed E-state index contributed by atoms with van der Waals surface area (Å²) in [5.74, 6) is -3.74. The second kappa shape index (κ2) is 6.59. The standard InChI is InChI=1S/C14H18F3N/c1-4-9(3)6-13(18-5-2)10-7-11(15)14(17)12(16)8-10/h7-8,13,18H,3-6H2,1-2H3. The van der Waals surface area contributed by atoms with Gasteiger partial charge in [0, 0.05) is 6.04 Å². The Kier molecular flexibility index (Phi) is 5.41. The van der Waals surface area contributed by atoms with Gasteiger partial charge < -0.3 is 5.32 Å². The Balaban J connectivity index is 3.01. The highest BCUT2D eigenvalue weighted by Crippen LogP contribution is 2.24. The van der Waals surface area contributed by atoms with Crippen molar-refractivity contribution in [3.05, 3.63) is 47.3 Å². The third-order valence-corrected chi connectivity index (χ3v) is 2.85. The minimum absolute atomic E-state index is 0.243. The molecule has 0 aliphatic carbocycles. The van der Waals surface area contributed by atoms with E-state index in [0.29, 0.717) is 18.5 Å². The molecule has 1 aromatic rings. The SMILES string of the molecule is C=C(CC)CC(NCC)c1cc(F)c(F)c(F)c1. The second-order valence-corrected chi connectivity index (χ2v) is 4.22. The van der Waals surface area contributed by atoms with Crippen LogP contribution in [0.4, 0.5) is 13.2 Å². The number of rotatable bonds is 6. The van der Waals surface area contributed by atoms with Crippen molar-refractivity contribution in [2.75, 3.05) is 6.54 Å². The maximum Gasteiger partial charge on any atom is 0.194 e. The van der Waals surface area contributed by atoms with E-state index in [9.17, 15) is 13.2 Å². The Hall–Kier alpha value is -1.29. The van der Waals surface area contributed by atoms with Crippen LogP contribution in [-0.4, -0.2) is 6.54 Å². The Morgan fingerprint density at radius 2 is 1.78 bits per heavy atom. The molecule has 1 aromatic carbocycles. The third kappa shape index (κ3) is 3.60. The van der Waals surface area contributed by atoms with E-state index in [1.54, 1.807) is 0 Å². The molecule has 0 radical (unpaired) electrons. The van der Waals surface area contributed by atoms with Gasteiger partial charge in [-0.1, -0.05) is 26.0 Å². The van der Waals surface area contributed by atoms with Gasteiger partial charge >= 0.3 is 0 Å². The first-order valence-electron chi connectivity index (χ1n) is 6.04. The van der Waals surface area contributed by atoms with Gasteiger partial charge in [0.05, 0.1) is 0 Å². The molecule has 1 N–H and O–H groups in total. The van der Waals surface area contributed by atoms with E-state index in [4.69, 9.17) is 0 Å². The van der Waals surface area contributed by atoms with E-state index in [-0.39, 0.29) is 6.04 Å². The first-order chi connectivity index (χ1) is 8.49. The van der Waals surface area contributed by atoms with Crippen molar-refractivity contribution in [3.8, 4) is 0 Å². The van der Waals surface area contributed by atoms with Crippen molar-refractivity contribution in [2.24, 2.45) is 0 Å². The molecule has 1 nitrogen and oxygen atoms in total. The van der Waals surface area contributed by atoms with Crippen molar-refractivity contribution in [3.63, 3.8) is 0 Å². The van der Waals surface area contributed by atoms with Crippen molar-refractivity contribution in [2.45, 2.75) is 32.7 Å². The van der Waals surface area contributed by atoms with E-state index in [1.165, 1.54) is 0 Å². The number of benzene rings is 1. The monoisotopic (exact) mass is 257 g/mol. The molecule has 0 aromatic heterocycles. The Morgan fingerprint density at radius 3 is 2.22 bits per heavy atom. The molecule has 0 saturated heterocycles. The minimum atomic E-state index is -1.43. The molecule has 1 atom stereocenters. The van der Waals surface area contributed by atoms with Gasteiger partial charge in [-0.05, 0) is 37.1 Å². The number of halogens is 3. The molecule has 0 fully saturated rings. The van der Waals surface area contributed by atoms with Gasteiger partial charge in [0.1, 0.15) is 0 Å². The Morgan fingerprint density at radius 1 is 1.22 bits per heavy atom. The number of hydrogen-bond donors (Lipinski definition) is 1. The predicted octanol–water partition coefficient (Wildman–Crippen LogP) is 4.11. The smallest absolute Gasteiger partial charge is 0.194 e. The van der Waals surface area contributed by atoms with Crippen LogP contribution in [0.25, 0.3) is 0 Å². The molecule has 0 bridgehead atoms. The van der Waals surface area contributed by atoms with Gasteiger partial charge in [0.15, 0.2) is 17.5 Å². The highest BCUT2D eigenvalue weighted by Gasteiger charge is 2.17. The van der Waals surface area contributed by atoms with Crippen molar-refractivity contribution in [1.29, 1.82) is 0 Å². The lowest BCUT2D eigenvalue weighted by Gasteiger charge is -2.19. The maximum atomic E-state index is 13.2. The van der Waals surface area contributed by atoms with Crippen LogP contribution in [-0.2, 0) is 0 Å². The molecule has 1 unspecified atom stereocenters. The fraction of sp³-hybridized carbons (Fsp3) is 0.429. The molecule has 100 valence electrons. The summed E-state index contributed by atoms with van der Waals surface area (Å²) >= 11 is 0. The summed E-state index contributed by atoms with van der Waals surface area (Å²) in [6.45, 7) is 8.41. The van der Waals surface area contributed by atoms with Gasteiger partial charge in [0.2, 0.25) is 0 Å². The summed E-state index contributed by atoms with van der Waals surface area (Å²) in [6.07, 6.45) is 1.38. The molecule has 0 aliphatic heterocycles. The lowest BCUT2D eigenvalue weighted by atomic mass is 9.98. The zero-order chi connectivity index (χ0) is 13.7. The van der Waals surface area contributed by atoms with Crippen LogP contribution in [0.2, 0.25) is 0 Å². The van der Waals surface area contributed by atoms with Crippen LogP contribution in [0.3, 0.4) is 0 Å². The minimum Gasteiger partial charge on any atom is -0.310 e. The zero-order valence-electron chi connectivity index (χ0n) is 10.7. The summed E-state index contributed by atoms with van der Waals surface area (Å²) in [7, 11) is 0. The highest BCUT2D eigenvalue weighted by atomic mass is 19.2. The molecule has 0 heterocycles. The van der Waals surface area contributed by atoms with Gasteiger partial charge in [0.25, 0.3) is 0 Å². The molecule has 0 aliphatic rings. The van der Waals surface area contributed by atoms with Crippen molar-refractivity contribution < 1.29 is 13.2 Å². The van der Waals surface area contributed by atoms with E-state index in [0.717, 1.165) is 24.1 Å². The Labute approximate surface area is 106 Å². The van der Waals surface area contributed by atoms with E-state index in [2.05, 4.69) is 11.9 Å². The molecule has 4 heteroatoms. The quantitative estimate of drug-likeness (QED) is 0.597. The Bertz CT molecular complexity index is 406. The maximum absolute atomic E-state index is 13.2. The normalized spacial score (nSPS) is 12.5. The topological polar surface area (TPSA) is 12.0 Å². The van der Waals surface area contributed by atoms with Crippen LogP contribution in [0.5, 0.6) is 0 Å². The predicted molar refractivity (Wildman–Crippen MR) is 66.8 cm³/mol. The third-order valence-electron chi connectivity index (χ3n) is 2.85. The molecule has 18 heavy (non-hydrogen) atoms. The van der Waals surface area contributed by atoms with Crippen molar-refractivity contribution >= 4 is 0 Å². The summed E-state index contributed by atoms with van der Waals surface area (Å²) in [6, 6.07) is 1.83. The van der Waals surface area contributed by atoms with Crippen LogP contribution in [0.15, 0.2) is 24.3 Å². The second-order valence-electron chi connectivity index (χ2n) is 4.22.